The van der Waals surface area contributed by atoms with Crippen molar-refractivity contribution in [3.63, 3.8) is 0 Å². The van der Waals surface area contributed by atoms with Crippen molar-refractivity contribution in [2.75, 3.05) is 0 Å². The molecular weight excluding hydrogens is 271 g/mol. The van der Waals surface area contributed by atoms with E-state index in [1.54, 1.807) is 0 Å². The van der Waals surface area contributed by atoms with Crippen molar-refractivity contribution in [2.45, 2.75) is 129 Å². The van der Waals surface area contributed by atoms with Crippen LogP contribution in [0.2, 0.25) is 0 Å². The molecule has 1 atom stereocenters. The second kappa shape index (κ2) is 15.3. The molecule has 0 saturated heterocycles. The minimum absolute atomic E-state index is 0.563. The van der Waals surface area contributed by atoms with E-state index in [0.29, 0.717) is 5.16 Å². The summed E-state index contributed by atoms with van der Waals surface area (Å²) in [5.74, 6) is 0. The highest BCUT2D eigenvalue weighted by atomic mass is 31.0. The van der Waals surface area contributed by atoms with E-state index in [1.807, 2.05) is 0 Å². The first-order valence-corrected chi connectivity index (χ1v) is 10.5. The normalized spacial score (nSPS) is 12.0. The Bertz CT molecular complexity index is 192. The molecule has 0 rings (SSSR count). The summed E-state index contributed by atoms with van der Waals surface area (Å²) in [6, 6.07) is 0. The smallest absolute Gasteiger partial charge is 0.0150 e. The number of unbranched alkanes of at least 4 members (excludes halogenated alkanes) is 10. The predicted octanol–water partition coefficient (Wildman–Crippen LogP) is 7.90. The van der Waals surface area contributed by atoms with Crippen LogP contribution in [0.15, 0.2) is 0 Å². The third-order valence-electron chi connectivity index (χ3n) is 4.83. The van der Waals surface area contributed by atoms with Crippen molar-refractivity contribution in [3.05, 3.63) is 0 Å². The molecule has 1 heteroatoms. The summed E-state index contributed by atoms with van der Waals surface area (Å²) in [4.78, 5) is 0. The van der Waals surface area contributed by atoms with Gasteiger partial charge in [-0.2, -0.15) is 0 Å². The van der Waals surface area contributed by atoms with Crippen molar-refractivity contribution in [1.82, 2.24) is 0 Å². The van der Waals surface area contributed by atoms with E-state index in [-0.39, 0.29) is 0 Å². The van der Waals surface area contributed by atoms with E-state index in [4.69, 9.17) is 0 Å². The van der Waals surface area contributed by atoms with Crippen LogP contribution in [0.3, 0.4) is 0 Å². The van der Waals surface area contributed by atoms with Gasteiger partial charge in [-0.15, -0.1) is 9.24 Å². The monoisotopic (exact) mass is 314 g/mol. The first-order chi connectivity index (χ1) is 10.2. The first-order valence-electron chi connectivity index (χ1n) is 9.97. The van der Waals surface area contributed by atoms with Crippen molar-refractivity contribution in [1.29, 1.82) is 0 Å². The third kappa shape index (κ3) is 13.8. The lowest BCUT2D eigenvalue weighted by Crippen LogP contribution is -2.20. The van der Waals surface area contributed by atoms with Gasteiger partial charge in [-0.3, -0.25) is 0 Å². The largest absolute Gasteiger partial charge is 0.131 e. The fourth-order valence-corrected chi connectivity index (χ4v) is 3.83. The molecule has 0 heterocycles. The van der Waals surface area contributed by atoms with Gasteiger partial charge in [0.2, 0.25) is 0 Å². The Morgan fingerprint density at radius 1 is 0.476 bits per heavy atom. The molecular formula is C20H43P. The fraction of sp³-hybridized carbons (Fsp3) is 1.00. The fourth-order valence-electron chi connectivity index (χ4n) is 3.22. The molecule has 0 radical (unpaired) electrons. The number of rotatable bonds is 16. The molecule has 128 valence electrons. The van der Waals surface area contributed by atoms with E-state index in [2.05, 4.69) is 30.0 Å². The molecule has 0 nitrogen and oxygen atoms in total. The van der Waals surface area contributed by atoms with Gasteiger partial charge in [0, 0.05) is 0 Å². The van der Waals surface area contributed by atoms with E-state index < -0.39 is 0 Å². The van der Waals surface area contributed by atoms with Crippen molar-refractivity contribution < 1.29 is 0 Å². The van der Waals surface area contributed by atoms with Gasteiger partial charge in [0.15, 0.2) is 0 Å². The average molecular weight is 315 g/mol. The number of hydrogen-bond acceptors (Lipinski definition) is 0. The van der Waals surface area contributed by atoms with E-state index in [9.17, 15) is 0 Å². The summed E-state index contributed by atoms with van der Waals surface area (Å²) in [6.45, 7) is 6.94. The van der Waals surface area contributed by atoms with Crippen molar-refractivity contribution in [2.24, 2.45) is 0 Å². The highest BCUT2D eigenvalue weighted by molar-refractivity contribution is 7.19. The van der Waals surface area contributed by atoms with Gasteiger partial charge in [0.1, 0.15) is 0 Å². The molecule has 0 saturated carbocycles. The van der Waals surface area contributed by atoms with Gasteiger partial charge in [-0.05, 0) is 24.4 Å². The summed E-state index contributed by atoms with van der Waals surface area (Å²) in [5.41, 5.74) is 0. The molecule has 0 aromatic carbocycles. The molecule has 0 aliphatic carbocycles. The van der Waals surface area contributed by atoms with Crippen LogP contribution in [-0.4, -0.2) is 5.16 Å². The Balaban J connectivity index is 3.62. The Kier molecular flexibility index (Phi) is 15.6. The van der Waals surface area contributed by atoms with Crippen LogP contribution in [-0.2, 0) is 0 Å². The lowest BCUT2D eigenvalue weighted by atomic mass is 9.89. The van der Waals surface area contributed by atoms with Crippen LogP contribution in [0, 0.1) is 0 Å². The highest BCUT2D eigenvalue weighted by Crippen LogP contribution is 2.36. The van der Waals surface area contributed by atoms with Crippen LogP contribution < -0.4 is 0 Å². The summed E-state index contributed by atoms with van der Waals surface area (Å²) in [6.07, 6.45) is 22.8. The average Bonchev–Trinajstić information content (AvgIpc) is 2.49. The molecule has 0 aromatic rings. The van der Waals surface area contributed by atoms with E-state index >= 15 is 0 Å². The Hall–Kier alpha value is 0.430. The SMILES string of the molecule is CCCCCCCCCCCC(P)(CCCC)CCCC. The standard InChI is InChI=1S/C20H43P/c1-4-7-10-11-12-13-14-15-16-19-20(21,17-8-5-2)18-9-6-3/h4-19,21H2,1-3H3. The van der Waals surface area contributed by atoms with Gasteiger partial charge in [0.25, 0.3) is 0 Å². The second-order valence-corrected chi connectivity index (χ2v) is 8.37. The molecule has 0 amide bonds. The molecule has 1 unspecified atom stereocenters. The van der Waals surface area contributed by atoms with E-state index in [0.717, 1.165) is 0 Å². The molecule has 0 aliphatic rings. The first kappa shape index (κ1) is 21.4. The maximum Gasteiger partial charge on any atom is -0.0150 e. The van der Waals surface area contributed by atoms with Crippen LogP contribution in [0.25, 0.3) is 0 Å². The summed E-state index contributed by atoms with van der Waals surface area (Å²) in [7, 11) is 3.24. The lowest BCUT2D eigenvalue weighted by molar-refractivity contribution is 0.415. The zero-order chi connectivity index (χ0) is 15.8. The molecule has 0 aliphatic heterocycles. The second-order valence-electron chi connectivity index (χ2n) is 7.15. The highest BCUT2D eigenvalue weighted by Gasteiger charge is 2.22. The van der Waals surface area contributed by atoms with Crippen LogP contribution >= 0.6 is 9.24 Å². The number of hydrogen-bond donors (Lipinski definition) is 0. The topological polar surface area (TPSA) is 0 Å². The molecule has 0 N–H and O–H groups in total. The predicted molar refractivity (Wildman–Crippen MR) is 103 cm³/mol. The van der Waals surface area contributed by atoms with Gasteiger partial charge < -0.3 is 0 Å². The van der Waals surface area contributed by atoms with Gasteiger partial charge >= 0.3 is 0 Å². The third-order valence-corrected chi connectivity index (χ3v) is 5.70. The summed E-state index contributed by atoms with van der Waals surface area (Å²) >= 11 is 0. The Labute approximate surface area is 138 Å². The maximum absolute atomic E-state index is 3.24. The molecule has 0 spiro atoms. The molecule has 21 heavy (non-hydrogen) atoms. The lowest BCUT2D eigenvalue weighted by Gasteiger charge is -2.29. The maximum atomic E-state index is 3.24. The zero-order valence-electron chi connectivity index (χ0n) is 15.4. The van der Waals surface area contributed by atoms with Gasteiger partial charge in [-0.1, -0.05) is 104 Å². The van der Waals surface area contributed by atoms with Gasteiger partial charge in [0.05, 0.1) is 0 Å². The quantitative estimate of drug-likeness (QED) is 0.200. The van der Waals surface area contributed by atoms with Crippen LogP contribution in [0.5, 0.6) is 0 Å². The summed E-state index contributed by atoms with van der Waals surface area (Å²) in [5, 5.41) is 0.563. The minimum atomic E-state index is 0.563. The summed E-state index contributed by atoms with van der Waals surface area (Å²) < 4.78 is 0. The van der Waals surface area contributed by atoms with Crippen molar-refractivity contribution >= 4 is 9.24 Å². The van der Waals surface area contributed by atoms with E-state index in [1.165, 1.54) is 103 Å². The van der Waals surface area contributed by atoms with Gasteiger partial charge in [-0.25, -0.2) is 0 Å². The molecule has 0 aromatic heterocycles. The molecule has 0 fully saturated rings. The van der Waals surface area contributed by atoms with Crippen LogP contribution in [0.4, 0.5) is 0 Å². The Morgan fingerprint density at radius 3 is 1.24 bits per heavy atom. The zero-order valence-corrected chi connectivity index (χ0v) is 16.5. The molecule has 0 bridgehead atoms. The van der Waals surface area contributed by atoms with Crippen LogP contribution in [0.1, 0.15) is 124 Å². The van der Waals surface area contributed by atoms with Crippen molar-refractivity contribution in [3.8, 4) is 0 Å². The Morgan fingerprint density at radius 2 is 0.810 bits per heavy atom. The minimum Gasteiger partial charge on any atom is -0.131 e.